The molecule has 4 aromatic rings. The molecule has 0 fully saturated rings. The van der Waals surface area contributed by atoms with E-state index in [0.717, 1.165) is 24.2 Å². The number of aromatic hydroxyl groups is 4. The molecule has 0 aromatic heterocycles. The Morgan fingerprint density at radius 2 is 0.833 bits per heavy atom. The molecule has 0 bridgehead atoms. The number of rotatable bonds is 9. The zero-order valence-electron chi connectivity index (χ0n) is 20.6. The van der Waals surface area contributed by atoms with E-state index < -0.39 is 0 Å². The molecule has 0 aliphatic rings. The molecule has 0 spiro atoms. The molecule has 4 rings (SSSR count). The summed E-state index contributed by atoms with van der Waals surface area (Å²) < 4.78 is 0. The molecule has 0 radical (unpaired) electrons. The second kappa shape index (κ2) is 11.2. The van der Waals surface area contributed by atoms with Crippen molar-refractivity contribution in [3.8, 4) is 45.3 Å². The fourth-order valence-corrected chi connectivity index (χ4v) is 4.36. The number of nitrogens with zero attached hydrogens (tertiary/aromatic N) is 2. The van der Waals surface area contributed by atoms with Gasteiger partial charge in [-0.2, -0.15) is 0 Å². The molecular formula is C30H32N2O4. The van der Waals surface area contributed by atoms with Gasteiger partial charge in [-0.1, -0.05) is 72.8 Å². The van der Waals surface area contributed by atoms with Gasteiger partial charge in [0.25, 0.3) is 0 Å². The van der Waals surface area contributed by atoms with Gasteiger partial charge >= 0.3 is 0 Å². The summed E-state index contributed by atoms with van der Waals surface area (Å²) in [5.74, 6) is 0.611. The lowest BCUT2D eigenvalue weighted by molar-refractivity contribution is 0.244. The summed E-state index contributed by atoms with van der Waals surface area (Å²) in [6, 6.07) is 25.1. The number of hydrogen-bond acceptors (Lipinski definition) is 6. The molecule has 0 heterocycles. The summed E-state index contributed by atoms with van der Waals surface area (Å²) in [7, 11) is 3.99. The van der Waals surface area contributed by atoms with E-state index in [9.17, 15) is 20.4 Å². The summed E-state index contributed by atoms with van der Waals surface area (Å²) in [4.78, 5) is 4.25. The van der Waals surface area contributed by atoms with Gasteiger partial charge in [-0.3, -0.25) is 0 Å². The first-order valence-corrected chi connectivity index (χ1v) is 11.9. The zero-order valence-corrected chi connectivity index (χ0v) is 20.6. The summed E-state index contributed by atoms with van der Waals surface area (Å²) in [5, 5.41) is 42.1. The van der Waals surface area contributed by atoms with E-state index in [4.69, 9.17) is 0 Å². The van der Waals surface area contributed by atoms with E-state index in [1.807, 2.05) is 50.5 Å². The fourth-order valence-electron chi connectivity index (χ4n) is 4.36. The van der Waals surface area contributed by atoms with Gasteiger partial charge in [-0.25, -0.2) is 0 Å². The van der Waals surface area contributed by atoms with Crippen molar-refractivity contribution in [2.75, 3.05) is 27.2 Å². The molecule has 6 heteroatoms. The molecule has 186 valence electrons. The van der Waals surface area contributed by atoms with Crippen molar-refractivity contribution in [3.05, 3.63) is 96.1 Å². The topological polar surface area (TPSA) is 87.4 Å². The van der Waals surface area contributed by atoms with Gasteiger partial charge in [-0.15, -0.1) is 0 Å². The average molecular weight is 485 g/mol. The van der Waals surface area contributed by atoms with Crippen molar-refractivity contribution in [1.29, 1.82) is 0 Å². The predicted molar refractivity (Wildman–Crippen MR) is 143 cm³/mol. The van der Waals surface area contributed by atoms with Crippen molar-refractivity contribution in [2.24, 2.45) is 0 Å². The van der Waals surface area contributed by atoms with E-state index in [1.165, 1.54) is 0 Å². The van der Waals surface area contributed by atoms with Gasteiger partial charge in [0.15, 0.2) is 0 Å². The lowest BCUT2D eigenvalue weighted by atomic mass is 10.00. The molecule has 6 nitrogen and oxygen atoms in total. The highest BCUT2D eigenvalue weighted by atomic mass is 16.3. The van der Waals surface area contributed by atoms with Crippen LogP contribution in [-0.2, 0) is 13.1 Å². The van der Waals surface area contributed by atoms with E-state index in [1.54, 1.807) is 48.5 Å². The van der Waals surface area contributed by atoms with Gasteiger partial charge in [0.1, 0.15) is 23.0 Å². The number of likely N-dealkylation sites (N-methyl/N-ethyl adjacent to an activating group) is 2. The van der Waals surface area contributed by atoms with E-state index >= 15 is 0 Å². The molecule has 0 unspecified atom stereocenters. The van der Waals surface area contributed by atoms with Crippen LogP contribution in [0, 0.1) is 0 Å². The van der Waals surface area contributed by atoms with E-state index in [2.05, 4.69) is 9.80 Å². The number of phenolic OH excluding ortho intramolecular Hbond substituents is 4. The Kier molecular flexibility index (Phi) is 7.78. The Labute approximate surface area is 211 Å². The van der Waals surface area contributed by atoms with Crippen molar-refractivity contribution in [3.63, 3.8) is 0 Å². The molecule has 4 aromatic carbocycles. The smallest absolute Gasteiger partial charge is 0.128 e. The van der Waals surface area contributed by atoms with Gasteiger partial charge in [0.05, 0.1) is 0 Å². The first-order chi connectivity index (χ1) is 17.3. The second-order valence-electron chi connectivity index (χ2n) is 9.14. The van der Waals surface area contributed by atoms with Crippen LogP contribution in [0.25, 0.3) is 22.3 Å². The van der Waals surface area contributed by atoms with Crippen molar-refractivity contribution in [1.82, 2.24) is 9.80 Å². The minimum absolute atomic E-state index is 0.134. The Morgan fingerprint density at radius 3 is 1.22 bits per heavy atom. The van der Waals surface area contributed by atoms with E-state index in [-0.39, 0.29) is 23.0 Å². The molecule has 0 aliphatic heterocycles. The first-order valence-electron chi connectivity index (χ1n) is 11.9. The van der Waals surface area contributed by atoms with Crippen LogP contribution in [-0.4, -0.2) is 57.4 Å². The van der Waals surface area contributed by atoms with Crippen LogP contribution in [0.3, 0.4) is 0 Å². The van der Waals surface area contributed by atoms with Crippen LogP contribution in [0.1, 0.15) is 11.1 Å². The highest BCUT2D eigenvalue weighted by molar-refractivity contribution is 5.77. The molecule has 0 amide bonds. The maximum absolute atomic E-state index is 10.9. The maximum Gasteiger partial charge on any atom is 0.128 e. The normalized spacial score (nSPS) is 11.3. The monoisotopic (exact) mass is 484 g/mol. The maximum atomic E-state index is 10.9. The second-order valence-corrected chi connectivity index (χ2v) is 9.14. The van der Waals surface area contributed by atoms with Crippen LogP contribution < -0.4 is 0 Å². The Bertz CT molecular complexity index is 1240. The third-order valence-electron chi connectivity index (χ3n) is 6.37. The van der Waals surface area contributed by atoms with Crippen LogP contribution in [0.5, 0.6) is 23.0 Å². The number of para-hydroxylation sites is 4. The van der Waals surface area contributed by atoms with Crippen LogP contribution in [0.15, 0.2) is 84.9 Å². The van der Waals surface area contributed by atoms with Gasteiger partial charge in [0, 0.05) is 59.6 Å². The molecule has 4 N–H and O–H groups in total. The quantitative estimate of drug-likeness (QED) is 0.254. The molecule has 0 saturated carbocycles. The lowest BCUT2D eigenvalue weighted by Crippen LogP contribution is -2.30. The lowest BCUT2D eigenvalue weighted by Gasteiger charge is -2.23. The third-order valence-corrected chi connectivity index (χ3v) is 6.37. The van der Waals surface area contributed by atoms with Crippen LogP contribution in [0.4, 0.5) is 0 Å². The van der Waals surface area contributed by atoms with Gasteiger partial charge in [-0.05, 0) is 26.2 Å². The SMILES string of the molecule is CN(CCN(C)Cc1cccc(-c2ccccc2O)c1O)Cc1cccc(-c2ccccc2O)c1O. The summed E-state index contributed by atoms with van der Waals surface area (Å²) in [6.45, 7) is 2.59. The fraction of sp³-hybridized carbons (Fsp3) is 0.200. The largest absolute Gasteiger partial charge is 0.507 e. The first kappa shape index (κ1) is 25.1. The molecular weight excluding hydrogens is 452 g/mol. The highest BCUT2D eigenvalue weighted by Crippen LogP contribution is 2.38. The number of phenols is 4. The van der Waals surface area contributed by atoms with Gasteiger partial charge < -0.3 is 30.2 Å². The minimum atomic E-state index is 0.134. The molecule has 36 heavy (non-hydrogen) atoms. The average Bonchev–Trinajstić information content (AvgIpc) is 2.86. The number of hydrogen-bond donors (Lipinski definition) is 4. The standard InChI is InChI=1S/C30H32N2O4/c1-31(19-21-9-7-13-25(29(21)35)23-11-3-5-15-27(23)33)17-18-32(2)20-22-10-8-14-26(30(22)36)24-12-4-6-16-28(24)34/h3-16,33-36H,17-20H2,1-2H3. The summed E-state index contributed by atoms with van der Waals surface area (Å²) >= 11 is 0. The van der Waals surface area contributed by atoms with Crippen LogP contribution in [0.2, 0.25) is 0 Å². The third kappa shape index (κ3) is 5.62. The Morgan fingerprint density at radius 1 is 0.472 bits per heavy atom. The van der Waals surface area contributed by atoms with Crippen molar-refractivity contribution >= 4 is 0 Å². The van der Waals surface area contributed by atoms with E-state index in [0.29, 0.717) is 35.3 Å². The minimum Gasteiger partial charge on any atom is -0.507 e. The number of benzene rings is 4. The molecule has 0 saturated heterocycles. The van der Waals surface area contributed by atoms with Crippen molar-refractivity contribution < 1.29 is 20.4 Å². The predicted octanol–water partition coefficient (Wildman–Crippen LogP) is 5.41. The zero-order chi connectivity index (χ0) is 25.7. The Hall–Kier alpha value is -4.00. The highest BCUT2D eigenvalue weighted by Gasteiger charge is 2.15. The summed E-state index contributed by atoms with van der Waals surface area (Å²) in [6.07, 6.45) is 0. The van der Waals surface area contributed by atoms with Gasteiger partial charge in [0.2, 0.25) is 0 Å². The van der Waals surface area contributed by atoms with Crippen molar-refractivity contribution in [2.45, 2.75) is 13.1 Å². The van der Waals surface area contributed by atoms with Crippen LogP contribution >= 0.6 is 0 Å². The Balaban J connectivity index is 1.39. The summed E-state index contributed by atoms with van der Waals surface area (Å²) in [5.41, 5.74) is 3.99. The molecule has 0 aliphatic carbocycles. The molecule has 0 atom stereocenters.